The molecule has 3 rings (SSSR count). The molecule has 0 radical (unpaired) electrons. The minimum Gasteiger partial charge on any atom is -0.508 e. The first-order valence-electron chi connectivity index (χ1n) is 8.02. The number of likely N-dealkylation sites (tertiary alicyclic amines) is 1. The summed E-state index contributed by atoms with van der Waals surface area (Å²) >= 11 is 0. The van der Waals surface area contributed by atoms with E-state index in [1.54, 1.807) is 12.1 Å². The highest BCUT2D eigenvalue weighted by Gasteiger charge is 2.41. The highest BCUT2D eigenvalue weighted by molar-refractivity contribution is 5.75. The van der Waals surface area contributed by atoms with Crippen molar-refractivity contribution >= 4 is 12.1 Å². The Morgan fingerprint density at radius 3 is 2.36 bits per heavy atom. The third-order valence-electron chi connectivity index (χ3n) is 4.42. The zero-order valence-electron chi connectivity index (χ0n) is 13.5. The second kappa shape index (κ2) is 7.25. The van der Waals surface area contributed by atoms with Crippen LogP contribution in [0.1, 0.15) is 17.0 Å². The van der Waals surface area contributed by atoms with Gasteiger partial charge in [-0.1, -0.05) is 42.5 Å². The van der Waals surface area contributed by atoms with Crippen molar-refractivity contribution in [3.63, 3.8) is 0 Å². The number of rotatable bonds is 4. The highest BCUT2D eigenvalue weighted by atomic mass is 16.6. The van der Waals surface area contributed by atoms with Gasteiger partial charge in [-0.3, -0.25) is 4.79 Å². The molecule has 6 nitrogen and oxygen atoms in total. The quantitative estimate of drug-likeness (QED) is 0.893. The van der Waals surface area contributed by atoms with Gasteiger partial charge in [0.25, 0.3) is 0 Å². The first-order valence-corrected chi connectivity index (χ1v) is 8.02. The molecule has 1 aliphatic heterocycles. The Kier molecular flexibility index (Phi) is 4.88. The molecule has 0 aromatic heterocycles. The van der Waals surface area contributed by atoms with Gasteiger partial charge in [0.15, 0.2) is 0 Å². The second-order valence-electron chi connectivity index (χ2n) is 6.09. The Morgan fingerprint density at radius 2 is 1.72 bits per heavy atom. The molecule has 2 aromatic carbocycles. The smallest absolute Gasteiger partial charge is 0.410 e. The van der Waals surface area contributed by atoms with E-state index in [1.165, 1.54) is 17.0 Å². The summed E-state index contributed by atoms with van der Waals surface area (Å²) < 4.78 is 5.30. The van der Waals surface area contributed by atoms with Crippen LogP contribution in [0.3, 0.4) is 0 Å². The molecule has 130 valence electrons. The van der Waals surface area contributed by atoms with E-state index in [4.69, 9.17) is 4.74 Å². The number of phenolic OH excluding ortho intramolecular Hbond substituents is 1. The molecular weight excluding hydrogens is 322 g/mol. The topological polar surface area (TPSA) is 87.1 Å². The van der Waals surface area contributed by atoms with Crippen molar-refractivity contribution in [1.82, 2.24) is 4.90 Å². The first-order chi connectivity index (χ1) is 12.0. The maximum Gasteiger partial charge on any atom is 0.410 e. The summed E-state index contributed by atoms with van der Waals surface area (Å²) in [4.78, 5) is 25.3. The Balaban J connectivity index is 1.68. The van der Waals surface area contributed by atoms with E-state index in [1.807, 2.05) is 30.3 Å². The number of ether oxygens (including phenoxy) is 1. The summed E-state index contributed by atoms with van der Waals surface area (Å²) in [5.74, 6) is -1.86. The monoisotopic (exact) mass is 341 g/mol. The highest BCUT2D eigenvalue weighted by Crippen LogP contribution is 2.34. The van der Waals surface area contributed by atoms with Gasteiger partial charge in [0.05, 0.1) is 5.92 Å². The molecular formula is C19H19NO5. The van der Waals surface area contributed by atoms with E-state index >= 15 is 0 Å². The molecule has 0 unspecified atom stereocenters. The van der Waals surface area contributed by atoms with Crippen molar-refractivity contribution in [2.24, 2.45) is 5.92 Å². The van der Waals surface area contributed by atoms with Crippen LogP contribution in [0.15, 0.2) is 54.6 Å². The Bertz CT molecular complexity index is 744. The SMILES string of the molecule is O=C(O)[C@@H]1CN(C(=O)OCc2ccccc2)C[C@H]1c1ccc(O)cc1. The zero-order valence-corrected chi connectivity index (χ0v) is 13.5. The van der Waals surface area contributed by atoms with Gasteiger partial charge in [-0.2, -0.15) is 0 Å². The fourth-order valence-electron chi connectivity index (χ4n) is 3.07. The normalized spacial score (nSPS) is 19.6. The number of aromatic hydroxyl groups is 1. The number of hydrogen-bond donors (Lipinski definition) is 2. The summed E-state index contributed by atoms with van der Waals surface area (Å²) in [6.07, 6.45) is -0.517. The number of hydrogen-bond acceptors (Lipinski definition) is 4. The number of phenols is 1. The van der Waals surface area contributed by atoms with Crippen LogP contribution in [0, 0.1) is 5.92 Å². The van der Waals surface area contributed by atoms with Crippen molar-refractivity contribution in [2.75, 3.05) is 13.1 Å². The number of amides is 1. The lowest BCUT2D eigenvalue weighted by Crippen LogP contribution is -2.30. The first kappa shape index (κ1) is 16.8. The maximum absolute atomic E-state index is 12.3. The van der Waals surface area contributed by atoms with Crippen LogP contribution in [0.25, 0.3) is 0 Å². The average molecular weight is 341 g/mol. The molecule has 1 aliphatic rings. The van der Waals surface area contributed by atoms with Gasteiger partial charge < -0.3 is 19.8 Å². The number of nitrogens with zero attached hydrogens (tertiary/aromatic N) is 1. The second-order valence-corrected chi connectivity index (χ2v) is 6.09. The van der Waals surface area contributed by atoms with E-state index in [-0.39, 0.29) is 31.4 Å². The van der Waals surface area contributed by atoms with Gasteiger partial charge in [0.2, 0.25) is 0 Å². The summed E-state index contributed by atoms with van der Waals surface area (Å²) in [7, 11) is 0. The van der Waals surface area contributed by atoms with Crippen LogP contribution in [-0.2, 0) is 16.1 Å². The van der Waals surface area contributed by atoms with E-state index in [0.717, 1.165) is 11.1 Å². The van der Waals surface area contributed by atoms with Crippen LogP contribution >= 0.6 is 0 Å². The molecule has 1 saturated heterocycles. The number of aliphatic carboxylic acids is 1. The molecule has 2 aromatic rings. The van der Waals surface area contributed by atoms with Crippen molar-refractivity contribution in [3.05, 3.63) is 65.7 Å². The summed E-state index contributed by atoms with van der Waals surface area (Å²) in [5.41, 5.74) is 1.66. The molecule has 2 atom stereocenters. The minimum absolute atomic E-state index is 0.106. The van der Waals surface area contributed by atoms with Crippen LogP contribution < -0.4 is 0 Å². The van der Waals surface area contributed by atoms with Crippen molar-refractivity contribution in [1.29, 1.82) is 0 Å². The minimum atomic E-state index is -0.948. The van der Waals surface area contributed by atoms with Crippen molar-refractivity contribution in [3.8, 4) is 5.75 Å². The number of carbonyl (C=O) groups excluding carboxylic acids is 1. The molecule has 1 heterocycles. The number of carboxylic acids is 1. The molecule has 0 bridgehead atoms. The lowest BCUT2D eigenvalue weighted by Gasteiger charge is -2.16. The Morgan fingerprint density at radius 1 is 1.04 bits per heavy atom. The summed E-state index contributed by atoms with van der Waals surface area (Å²) in [6, 6.07) is 15.7. The van der Waals surface area contributed by atoms with Crippen LogP contribution in [0.2, 0.25) is 0 Å². The van der Waals surface area contributed by atoms with Crippen molar-refractivity contribution in [2.45, 2.75) is 12.5 Å². The van der Waals surface area contributed by atoms with Crippen LogP contribution in [0.4, 0.5) is 4.79 Å². The van der Waals surface area contributed by atoms with Gasteiger partial charge in [0, 0.05) is 19.0 Å². The molecule has 0 aliphatic carbocycles. The van der Waals surface area contributed by atoms with Crippen LogP contribution in [0.5, 0.6) is 5.75 Å². The number of carboxylic acid groups (broad SMARTS) is 1. The van der Waals surface area contributed by atoms with E-state index in [0.29, 0.717) is 0 Å². The molecule has 2 N–H and O–H groups in total. The third-order valence-corrected chi connectivity index (χ3v) is 4.42. The average Bonchev–Trinajstić information content (AvgIpc) is 3.07. The zero-order chi connectivity index (χ0) is 17.8. The van der Waals surface area contributed by atoms with E-state index < -0.39 is 18.0 Å². The molecule has 6 heteroatoms. The van der Waals surface area contributed by atoms with Crippen molar-refractivity contribution < 1.29 is 24.5 Å². The molecule has 1 amide bonds. The summed E-state index contributed by atoms with van der Waals surface area (Å²) in [6.45, 7) is 0.529. The van der Waals surface area contributed by atoms with Gasteiger partial charge in [-0.25, -0.2) is 4.79 Å². The standard InChI is InChI=1S/C19H19NO5/c21-15-8-6-14(7-9-15)16-10-20(11-17(16)18(22)23)19(24)25-12-13-4-2-1-3-5-13/h1-9,16-17,21H,10-12H2,(H,22,23)/t16-,17+/m0/s1. The predicted molar refractivity (Wildman–Crippen MR) is 90.2 cm³/mol. The van der Waals surface area contributed by atoms with Gasteiger partial charge in [-0.05, 0) is 23.3 Å². The molecule has 0 saturated carbocycles. The van der Waals surface area contributed by atoms with Gasteiger partial charge in [-0.15, -0.1) is 0 Å². The predicted octanol–water partition coefficient (Wildman–Crippen LogP) is 2.83. The van der Waals surface area contributed by atoms with Gasteiger partial charge >= 0.3 is 12.1 Å². The molecule has 0 spiro atoms. The molecule has 25 heavy (non-hydrogen) atoms. The fourth-order valence-corrected chi connectivity index (χ4v) is 3.07. The Hall–Kier alpha value is -3.02. The lowest BCUT2D eigenvalue weighted by atomic mass is 9.89. The van der Waals surface area contributed by atoms with Gasteiger partial charge in [0.1, 0.15) is 12.4 Å². The largest absolute Gasteiger partial charge is 0.508 e. The van der Waals surface area contributed by atoms with Crippen LogP contribution in [-0.4, -0.2) is 40.3 Å². The van der Waals surface area contributed by atoms with E-state index in [2.05, 4.69) is 0 Å². The Labute approximate surface area is 145 Å². The fraction of sp³-hybridized carbons (Fsp3) is 0.263. The van der Waals surface area contributed by atoms with E-state index in [9.17, 15) is 19.8 Å². The number of benzene rings is 2. The molecule has 1 fully saturated rings. The third kappa shape index (κ3) is 3.91. The maximum atomic E-state index is 12.3. The summed E-state index contributed by atoms with van der Waals surface area (Å²) in [5, 5.41) is 18.9. The lowest BCUT2D eigenvalue weighted by molar-refractivity contribution is -0.141. The number of carbonyl (C=O) groups is 2.